The molecule has 1 aliphatic heterocycles. The molecular weight excluding hydrogens is 262 g/mol. The van der Waals surface area contributed by atoms with E-state index in [1.54, 1.807) is 0 Å². The van der Waals surface area contributed by atoms with Crippen molar-refractivity contribution >= 4 is 5.91 Å². The first kappa shape index (κ1) is 20.4. The zero-order chi connectivity index (χ0) is 16.5. The van der Waals surface area contributed by atoms with Crippen molar-refractivity contribution in [1.82, 2.24) is 9.80 Å². The Morgan fingerprint density at radius 2 is 1.71 bits per heavy atom. The first-order valence-electron chi connectivity index (χ1n) is 8.41. The molecule has 0 atom stereocenters. The van der Waals surface area contributed by atoms with Crippen LogP contribution in [0.25, 0.3) is 0 Å². The van der Waals surface area contributed by atoms with Crippen LogP contribution in [0.3, 0.4) is 0 Å². The fourth-order valence-corrected chi connectivity index (χ4v) is 2.89. The van der Waals surface area contributed by atoms with E-state index in [1.807, 2.05) is 6.92 Å². The van der Waals surface area contributed by atoms with Gasteiger partial charge in [0.25, 0.3) is 0 Å². The van der Waals surface area contributed by atoms with E-state index in [-0.39, 0.29) is 5.91 Å². The maximum absolute atomic E-state index is 9.98. The molecule has 0 aromatic heterocycles. The van der Waals surface area contributed by atoms with Crippen LogP contribution in [0.2, 0.25) is 0 Å². The van der Waals surface area contributed by atoms with Gasteiger partial charge in [-0.1, -0.05) is 27.2 Å². The SMILES string of the molecule is CC(C)CC(C)(C)N1CCN(C)CC1.CCCCC(N)=O. The zero-order valence-corrected chi connectivity index (χ0v) is 15.1. The van der Waals surface area contributed by atoms with Gasteiger partial charge in [0.15, 0.2) is 0 Å². The van der Waals surface area contributed by atoms with Crippen LogP contribution in [0, 0.1) is 5.92 Å². The Labute approximate surface area is 132 Å². The number of amides is 1. The standard InChI is InChI=1S/C12H26N2.C5H11NO/c1-11(2)10-12(3,4)14-8-6-13(5)7-9-14;1-2-3-4-5(6)7/h11H,6-10H2,1-5H3;2-4H2,1H3,(H2,6,7). The molecule has 2 N–H and O–H groups in total. The number of hydrogen-bond acceptors (Lipinski definition) is 3. The fourth-order valence-electron chi connectivity index (χ4n) is 2.89. The van der Waals surface area contributed by atoms with Crippen LogP contribution in [-0.4, -0.2) is 54.5 Å². The number of likely N-dealkylation sites (N-methyl/N-ethyl adjacent to an activating group) is 1. The number of rotatable bonds is 6. The molecule has 1 heterocycles. The van der Waals surface area contributed by atoms with Crippen molar-refractivity contribution in [3.63, 3.8) is 0 Å². The number of primary amides is 1. The lowest BCUT2D eigenvalue weighted by Gasteiger charge is -2.44. The van der Waals surface area contributed by atoms with Crippen LogP contribution >= 0.6 is 0 Å². The van der Waals surface area contributed by atoms with Crippen molar-refractivity contribution in [2.45, 2.75) is 65.8 Å². The second-order valence-electron chi connectivity index (χ2n) is 7.27. The van der Waals surface area contributed by atoms with Gasteiger partial charge in [-0.15, -0.1) is 0 Å². The summed E-state index contributed by atoms with van der Waals surface area (Å²) < 4.78 is 0. The third kappa shape index (κ3) is 9.86. The topological polar surface area (TPSA) is 49.6 Å². The summed E-state index contributed by atoms with van der Waals surface area (Å²) >= 11 is 0. The second-order valence-corrected chi connectivity index (χ2v) is 7.27. The molecule has 1 amide bonds. The summed E-state index contributed by atoms with van der Waals surface area (Å²) in [5.74, 6) is 0.603. The van der Waals surface area contributed by atoms with Gasteiger partial charge in [-0.2, -0.15) is 0 Å². The Kier molecular flexibility index (Phi) is 9.88. The minimum Gasteiger partial charge on any atom is -0.370 e. The van der Waals surface area contributed by atoms with Gasteiger partial charge in [0, 0.05) is 38.1 Å². The Morgan fingerprint density at radius 1 is 1.19 bits per heavy atom. The molecule has 126 valence electrons. The molecule has 0 aromatic rings. The lowest BCUT2D eigenvalue weighted by atomic mass is 9.90. The number of carbonyl (C=O) groups excluding carboxylic acids is 1. The molecule has 4 nitrogen and oxygen atoms in total. The number of nitrogens with two attached hydrogens (primary N) is 1. The molecule has 1 saturated heterocycles. The normalized spacial score (nSPS) is 17.5. The van der Waals surface area contributed by atoms with E-state index in [0.717, 1.165) is 18.8 Å². The summed E-state index contributed by atoms with van der Waals surface area (Å²) in [5.41, 5.74) is 5.22. The van der Waals surface area contributed by atoms with Crippen molar-refractivity contribution in [2.75, 3.05) is 33.2 Å². The average molecular weight is 300 g/mol. The van der Waals surface area contributed by atoms with Gasteiger partial charge in [-0.25, -0.2) is 0 Å². The highest BCUT2D eigenvalue weighted by atomic mass is 16.1. The van der Waals surface area contributed by atoms with E-state index in [1.165, 1.54) is 32.6 Å². The summed E-state index contributed by atoms with van der Waals surface area (Å²) in [6, 6.07) is 0. The Hall–Kier alpha value is -0.610. The van der Waals surface area contributed by atoms with Gasteiger partial charge in [0.2, 0.25) is 5.91 Å². The van der Waals surface area contributed by atoms with Gasteiger partial charge in [0.1, 0.15) is 0 Å². The minimum absolute atomic E-state index is 0.193. The number of nitrogens with zero attached hydrogens (tertiary/aromatic N) is 2. The summed E-state index contributed by atoms with van der Waals surface area (Å²) in [5, 5.41) is 0. The zero-order valence-electron chi connectivity index (χ0n) is 15.1. The molecule has 1 rings (SSSR count). The predicted octanol–water partition coefficient (Wildman–Crippen LogP) is 2.72. The molecule has 1 fully saturated rings. The quantitative estimate of drug-likeness (QED) is 0.820. The van der Waals surface area contributed by atoms with Crippen LogP contribution in [0.5, 0.6) is 0 Å². The molecule has 0 radical (unpaired) electrons. The maximum Gasteiger partial charge on any atom is 0.217 e. The van der Waals surface area contributed by atoms with Crippen molar-refractivity contribution in [3.05, 3.63) is 0 Å². The highest BCUT2D eigenvalue weighted by molar-refractivity contribution is 5.73. The maximum atomic E-state index is 9.98. The molecule has 0 unspecified atom stereocenters. The van der Waals surface area contributed by atoms with Crippen LogP contribution in [-0.2, 0) is 4.79 Å². The molecule has 0 spiro atoms. The van der Waals surface area contributed by atoms with Crippen molar-refractivity contribution in [2.24, 2.45) is 11.7 Å². The lowest BCUT2D eigenvalue weighted by molar-refractivity contribution is -0.118. The van der Waals surface area contributed by atoms with E-state index in [4.69, 9.17) is 5.73 Å². The van der Waals surface area contributed by atoms with Gasteiger partial charge >= 0.3 is 0 Å². The highest BCUT2D eigenvalue weighted by Gasteiger charge is 2.29. The van der Waals surface area contributed by atoms with Crippen LogP contribution in [0.15, 0.2) is 0 Å². The van der Waals surface area contributed by atoms with Crippen molar-refractivity contribution in [3.8, 4) is 0 Å². The van der Waals surface area contributed by atoms with Gasteiger partial charge in [0.05, 0.1) is 0 Å². The largest absolute Gasteiger partial charge is 0.370 e. The molecule has 1 aliphatic rings. The first-order chi connectivity index (χ1) is 9.69. The second kappa shape index (κ2) is 10.2. The Bertz CT molecular complexity index is 282. The summed E-state index contributed by atoms with van der Waals surface area (Å²) in [4.78, 5) is 15.0. The summed E-state index contributed by atoms with van der Waals surface area (Å²) in [7, 11) is 2.22. The number of piperazine rings is 1. The highest BCUT2D eigenvalue weighted by Crippen LogP contribution is 2.24. The van der Waals surface area contributed by atoms with Crippen molar-refractivity contribution < 1.29 is 4.79 Å². The van der Waals surface area contributed by atoms with E-state index in [9.17, 15) is 4.79 Å². The van der Waals surface area contributed by atoms with Crippen molar-refractivity contribution in [1.29, 1.82) is 0 Å². The number of carbonyl (C=O) groups is 1. The molecule has 0 aliphatic carbocycles. The van der Waals surface area contributed by atoms with E-state index < -0.39 is 0 Å². The molecule has 21 heavy (non-hydrogen) atoms. The summed E-state index contributed by atoms with van der Waals surface area (Å²) in [6.07, 6.45) is 3.81. The molecule has 0 saturated carbocycles. The lowest BCUT2D eigenvalue weighted by Crippen LogP contribution is -2.54. The Morgan fingerprint density at radius 3 is 2.05 bits per heavy atom. The fraction of sp³-hybridized carbons (Fsp3) is 0.941. The monoisotopic (exact) mass is 299 g/mol. The van der Waals surface area contributed by atoms with E-state index in [0.29, 0.717) is 12.0 Å². The third-order valence-electron chi connectivity index (χ3n) is 4.04. The van der Waals surface area contributed by atoms with Gasteiger partial charge in [-0.3, -0.25) is 9.69 Å². The predicted molar refractivity (Wildman–Crippen MR) is 91.3 cm³/mol. The third-order valence-corrected chi connectivity index (χ3v) is 4.04. The van der Waals surface area contributed by atoms with Gasteiger partial charge in [-0.05, 0) is 39.7 Å². The van der Waals surface area contributed by atoms with Crippen LogP contribution in [0.4, 0.5) is 0 Å². The van der Waals surface area contributed by atoms with Gasteiger partial charge < -0.3 is 10.6 Å². The van der Waals surface area contributed by atoms with E-state index >= 15 is 0 Å². The first-order valence-corrected chi connectivity index (χ1v) is 8.41. The molecule has 0 aromatic carbocycles. The molecular formula is C17H37N3O. The average Bonchev–Trinajstić information content (AvgIpc) is 2.36. The minimum atomic E-state index is -0.193. The van der Waals surface area contributed by atoms with E-state index in [2.05, 4.69) is 44.5 Å². The van der Waals surface area contributed by atoms with Crippen LogP contribution < -0.4 is 5.73 Å². The number of unbranched alkanes of at least 4 members (excludes halogenated alkanes) is 1. The number of hydrogen-bond donors (Lipinski definition) is 1. The summed E-state index contributed by atoms with van der Waals surface area (Å²) in [6.45, 7) is 16.4. The molecule has 4 heteroatoms. The molecule has 0 bridgehead atoms. The Balaban J connectivity index is 0.000000486. The smallest absolute Gasteiger partial charge is 0.217 e. The van der Waals surface area contributed by atoms with Crippen LogP contribution in [0.1, 0.15) is 60.3 Å².